The second-order valence-electron chi connectivity index (χ2n) is 6.61. The van der Waals surface area contributed by atoms with Gasteiger partial charge >= 0.3 is 0 Å². The van der Waals surface area contributed by atoms with Crippen molar-refractivity contribution in [1.82, 2.24) is 9.62 Å². The van der Waals surface area contributed by atoms with Gasteiger partial charge < -0.3 is 10.1 Å². The summed E-state index contributed by atoms with van der Waals surface area (Å²) in [5.41, 5.74) is -0.0752. The Kier molecular flexibility index (Phi) is 6.91. The fourth-order valence-electron chi connectivity index (χ4n) is 3.02. The average molecular weight is 454 g/mol. The lowest BCUT2D eigenvalue weighted by Crippen LogP contribution is -2.28. The number of ether oxygens (including phenoxy) is 1. The number of non-ortho nitro benzene ring substituents is 1. The molecule has 0 bridgehead atoms. The predicted molar refractivity (Wildman–Crippen MR) is 110 cm³/mol. The molecule has 1 N–H and O–H groups in total. The van der Waals surface area contributed by atoms with Crippen LogP contribution in [0.2, 0.25) is 5.02 Å². The van der Waals surface area contributed by atoms with E-state index in [1.807, 2.05) is 0 Å². The minimum atomic E-state index is -3.47. The summed E-state index contributed by atoms with van der Waals surface area (Å²) in [6.45, 7) is 1.40. The first kappa shape index (κ1) is 22.0. The van der Waals surface area contributed by atoms with E-state index in [0.29, 0.717) is 18.8 Å². The molecule has 11 heteroatoms. The van der Waals surface area contributed by atoms with Crippen LogP contribution in [0, 0.1) is 10.1 Å². The Morgan fingerprint density at radius 1 is 1.17 bits per heavy atom. The number of nitro benzene ring substituents is 1. The van der Waals surface area contributed by atoms with Gasteiger partial charge in [-0.3, -0.25) is 14.9 Å². The maximum absolute atomic E-state index is 12.5. The van der Waals surface area contributed by atoms with Crippen LogP contribution < -0.4 is 10.1 Å². The number of sulfonamides is 1. The van der Waals surface area contributed by atoms with Crippen molar-refractivity contribution in [2.24, 2.45) is 0 Å². The van der Waals surface area contributed by atoms with Crippen molar-refractivity contribution >= 4 is 33.2 Å². The number of nitrogens with one attached hydrogen (secondary N) is 1. The van der Waals surface area contributed by atoms with Crippen molar-refractivity contribution in [3.8, 4) is 5.75 Å². The van der Waals surface area contributed by atoms with E-state index >= 15 is 0 Å². The Labute approximate surface area is 178 Å². The van der Waals surface area contributed by atoms with E-state index in [-0.39, 0.29) is 34.3 Å². The Hall–Kier alpha value is -2.69. The molecule has 0 radical (unpaired) electrons. The van der Waals surface area contributed by atoms with Crippen LogP contribution in [0.25, 0.3) is 0 Å². The third-order valence-corrected chi connectivity index (χ3v) is 6.82. The molecule has 160 valence electrons. The molecule has 1 amide bonds. The molecule has 1 heterocycles. The highest BCUT2D eigenvalue weighted by Gasteiger charge is 2.26. The minimum absolute atomic E-state index is 0.0163. The van der Waals surface area contributed by atoms with Crippen LogP contribution in [0.3, 0.4) is 0 Å². The van der Waals surface area contributed by atoms with Gasteiger partial charge in [-0.05, 0) is 43.2 Å². The molecule has 3 rings (SSSR count). The van der Waals surface area contributed by atoms with Gasteiger partial charge in [0.15, 0.2) is 0 Å². The molecule has 0 spiro atoms. The topological polar surface area (TPSA) is 119 Å². The third kappa shape index (κ3) is 5.07. The summed E-state index contributed by atoms with van der Waals surface area (Å²) in [5, 5.41) is 13.3. The number of carbonyl (C=O) groups excluding carboxylic acids is 1. The molecule has 0 aliphatic carbocycles. The van der Waals surface area contributed by atoms with E-state index in [0.717, 1.165) is 18.9 Å². The molecule has 2 aromatic carbocycles. The number of rotatable bonds is 8. The van der Waals surface area contributed by atoms with Gasteiger partial charge in [0, 0.05) is 25.2 Å². The van der Waals surface area contributed by atoms with E-state index in [1.165, 1.54) is 28.6 Å². The van der Waals surface area contributed by atoms with Gasteiger partial charge in [-0.2, -0.15) is 4.31 Å². The molecule has 1 fully saturated rings. The number of halogens is 1. The van der Waals surface area contributed by atoms with Gasteiger partial charge in [-0.1, -0.05) is 11.6 Å². The van der Waals surface area contributed by atoms with Crippen LogP contribution >= 0.6 is 11.6 Å². The highest BCUT2D eigenvalue weighted by molar-refractivity contribution is 7.89. The normalized spacial score (nSPS) is 14.4. The largest absolute Gasteiger partial charge is 0.492 e. The van der Waals surface area contributed by atoms with Crippen LogP contribution in [0.5, 0.6) is 5.75 Å². The first-order valence-electron chi connectivity index (χ1n) is 9.24. The Bertz CT molecular complexity index is 1040. The van der Waals surface area contributed by atoms with Crippen molar-refractivity contribution in [2.75, 3.05) is 26.2 Å². The molecule has 1 saturated heterocycles. The van der Waals surface area contributed by atoms with E-state index in [1.54, 1.807) is 12.1 Å². The lowest BCUT2D eigenvalue weighted by molar-refractivity contribution is -0.384. The van der Waals surface area contributed by atoms with Crippen LogP contribution in [-0.2, 0) is 10.0 Å². The first-order chi connectivity index (χ1) is 14.3. The zero-order chi connectivity index (χ0) is 21.7. The summed E-state index contributed by atoms with van der Waals surface area (Å²) in [6, 6.07) is 9.74. The van der Waals surface area contributed by atoms with Crippen LogP contribution in [0.4, 0.5) is 5.69 Å². The summed E-state index contributed by atoms with van der Waals surface area (Å²) >= 11 is 5.93. The zero-order valence-corrected chi connectivity index (χ0v) is 17.5. The van der Waals surface area contributed by atoms with Gasteiger partial charge in [0.1, 0.15) is 12.4 Å². The molecule has 0 saturated carbocycles. The molecule has 9 nitrogen and oxygen atoms in total. The smallest absolute Gasteiger partial charge is 0.270 e. The Morgan fingerprint density at radius 3 is 2.43 bits per heavy atom. The van der Waals surface area contributed by atoms with Gasteiger partial charge in [0.05, 0.1) is 26.9 Å². The number of amides is 1. The molecule has 1 aliphatic rings. The lowest BCUT2D eigenvalue weighted by Gasteiger charge is -2.15. The third-order valence-electron chi connectivity index (χ3n) is 4.59. The van der Waals surface area contributed by atoms with E-state index < -0.39 is 20.9 Å². The second kappa shape index (κ2) is 9.41. The lowest BCUT2D eigenvalue weighted by atomic mass is 10.2. The van der Waals surface area contributed by atoms with Crippen LogP contribution in [-0.4, -0.2) is 49.8 Å². The van der Waals surface area contributed by atoms with Gasteiger partial charge in [-0.25, -0.2) is 8.42 Å². The summed E-state index contributed by atoms with van der Waals surface area (Å²) in [7, 11) is -3.47. The number of hydrogen-bond donors (Lipinski definition) is 1. The molecule has 0 aromatic heterocycles. The Balaban J connectivity index is 1.50. The van der Waals surface area contributed by atoms with Gasteiger partial charge in [-0.15, -0.1) is 0 Å². The Morgan fingerprint density at radius 2 is 1.83 bits per heavy atom. The maximum Gasteiger partial charge on any atom is 0.270 e. The molecular formula is C19H20ClN3O6S. The molecule has 2 aromatic rings. The van der Waals surface area contributed by atoms with E-state index in [2.05, 4.69) is 5.32 Å². The van der Waals surface area contributed by atoms with E-state index in [4.69, 9.17) is 16.3 Å². The molecule has 1 aliphatic heterocycles. The van der Waals surface area contributed by atoms with Crippen molar-refractivity contribution in [3.63, 3.8) is 0 Å². The number of nitro groups is 1. The zero-order valence-electron chi connectivity index (χ0n) is 15.9. The number of benzene rings is 2. The quantitative estimate of drug-likeness (QED) is 0.373. The average Bonchev–Trinajstić information content (AvgIpc) is 3.27. The number of hydrogen-bond acceptors (Lipinski definition) is 6. The summed E-state index contributed by atoms with van der Waals surface area (Å²) in [5.74, 6) is -0.0106. The van der Waals surface area contributed by atoms with Crippen LogP contribution in [0.1, 0.15) is 23.2 Å². The van der Waals surface area contributed by atoms with Crippen molar-refractivity contribution < 1.29 is 22.9 Å². The minimum Gasteiger partial charge on any atom is -0.492 e. The monoisotopic (exact) mass is 453 g/mol. The van der Waals surface area contributed by atoms with Crippen molar-refractivity contribution in [3.05, 3.63) is 63.2 Å². The van der Waals surface area contributed by atoms with Crippen LogP contribution in [0.15, 0.2) is 47.4 Å². The summed E-state index contributed by atoms with van der Waals surface area (Å²) in [4.78, 5) is 22.5. The number of nitrogens with zero attached hydrogens (tertiary/aromatic N) is 2. The summed E-state index contributed by atoms with van der Waals surface area (Å²) < 4.78 is 32.0. The molecule has 30 heavy (non-hydrogen) atoms. The predicted octanol–water partition coefficient (Wildman–Crippen LogP) is 2.84. The van der Waals surface area contributed by atoms with Crippen molar-refractivity contribution in [2.45, 2.75) is 17.7 Å². The molecule has 0 atom stereocenters. The van der Waals surface area contributed by atoms with Crippen molar-refractivity contribution in [1.29, 1.82) is 0 Å². The fourth-order valence-corrected chi connectivity index (χ4v) is 4.79. The molecular weight excluding hydrogens is 434 g/mol. The summed E-state index contributed by atoms with van der Waals surface area (Å²) in [6.07, 6.45) is 1.74. The van der Waals surface area contributed by atoms with E-state index in [9.17, 15) is 23.3 Å². The second-order valence-corrected chi connectivity index (χ2v) is 8.95. The van der Waals surface area contributed by atoms with Gasteiger partial charge in [0.25, 0.3) is 11.6 Å². The first-order valence-corrected chi connectivity index (χ1v) is 11.1. The SMILES string of the molecule is O=C(NCCOc1ccc(S(=O)(=O)N2CCCC2)cc1)c1ccc([N+](=O)[O-])cc1Cl. The highest BCUT2D eigenvalue weighted by atomic mass is 35.5. The van der Waals surface area contributed by atoms with Gasteiger partial charge in [0.2, 0.25) is 10.0 Å². The standard InChI is InChI=1S/C19H20ClN3O6S/c20-18-13-14(23(25)26)3-8-17(18)19(24)21-9-12-29-15-4-6-16(7-5-15)30(27,28)22-10-1-2-11-22/h3-8,13H,1-2,9-12H2,(H,21,24). The fraction of sp³-hybridized carbons (Fsp3) is 0.316. The molecule has 0 unspecified atom stereocenters. The highest BCUT2D eigenvalue weighted by Crippen LogP contribution is 2.23. The number of carbonyl (C=O) groups is 1. The maximum atomic E-state index is 12.5.